The van der Waals surface area contributed by atoms with Crippen LogP contribution >= 0.6 is 0 Å². The summed E-state index contributed by atoms with van der Waals surface area (Å²) in [7, 11) is 0. The Kier molecular flexibility index (Phi) is 5.76. The van der Waals surface area contributed by atoms with Crippen molar-refractivity contribution in [1.29, 1.82) is 5.41 Å². The lowest BCUT2D eigenvalue weighted by Crippen LogP contribution is -2.17. The average Bonchev–Trinajstić information content (AvgIpc) is 3.37. The molecule has 2 aromatic carbocycles. The van der Waals surface area contributed by atoms with Crippen LogP contribution in [0.5, 0.6) is 0 Å². The summed E-state index contributed by atoms with van der Waals surface area (Å²) >= 11 is 0. The molecule has 4 rings (SSSR count). The first-order valence-corrected chi connectivity index (χ1v) is 9.52. The SMILES string of the molecule is N=C([O-])C(=C\C=C1\C(=O)ON=C1c1ccccc1)/C=C/c1c(-c2ccccc2)[nH]oc1=O. The van der Waals surface area contributed by atoms with Gasteiger partial charge < -0.3 is 19.9 Å². The van der Waals surface area contributed by atoms with Gasteiger partial charge >= 0.3 is 11.6 Å². The van der Waals surface area contributed by atoms with Crippen molar-refractivity contribution >= 4 is 23.7 Å². The number of aromatic nitrogens is 1. The molecule has 0 unspecified atom stereocenters. The number of hydrogen-bond acceptors (Lipinski definition) is 7. The first kappa shape index (κ1) is 20.5. The maximum absolute atomic E-state index is 12.1. The van der Waals surface area contributed by atoms with Crippen LogP contribution in [0.15, 0.2) is 105 Å². The second-order valence-corrected chi connectivity index (χ2v) is 6.70. The predicted molar refractivity (Wildman–Crippen MR) is 117 cm³/mol. The Morgan fingerprint density at radius 1 is 1.00 bits per heavy atom. The highest BCUT2D eigenvalue weighted by Gasteiger charge is 2.26. The van der Waals surface area contributed by atoms with Crippen molar-refractivity contribution in [3.8, 4) is 11.3 Å². The third-order valence-corrected chi connectivity index (χ3v) is 4.66. The Balaban J connectivity index is 1.67. The van der Waals surface area contributed by atoms with E-state index in [2.05, 4.69) is 10.3 Å². The number of H-pyrrole nitrogens is 1. The first-order chi connectivity index (χ1) is 15.5. The molecule has 2 N–H and O–H groups in total. The molecule has 0 aliphatic carbocycles. The number of carbonyl (C=O) groups is 1. The van der Waals surface area contributed by atoms with Crippen molar-refractivity contribution in [2.24, 2.45) is 5.16 Å². The molecule has 0 amide bonds. The van der Waals surface area contributed by atoms with E-state index >= 15 is 0 Å². The number of aromatic amines is 1. The van der Waals surface area contributed by atoms with Crippen LogP contribution in [0.1, 0.15) is 11.1 Å². The second kappa shape index (κ2) is 8.97. The lowest BCUT2D eigenvalue weighted by atomic mass is 10.0. The van der Waals surface area contributed by atoms with Gasteiger partial charge in [-0.25, -0.2) is 14.7 Å². The van der Waals surface area contributed by atoms with E-state index < -0.39 is 17.5 Å². The quantitative estimate of drug-likeness (QED) is 0.206. The van der Waals surface area contributed by atoms with Gasteiger partial charge in [0.25, 0.3) is 0 Å². The van der Waals surface area contributed by atoms with Crippen molar-refractivity contribution in [2.45, 2.75) is 0 Å². The van der Waals surface area contributed by atoms with Gasteiger partial charge in [0.05, 0.1) is 16.8 Å². The fraction of sp³-hybridized carbons (Fsp3) is 0. The molecule has 1 aliphatic heterocycles. The monoisotopic (exact) mass is 426 g/mol. The molecule has 8 nitrogen and oxygen atoms in total. The van der Waals surface area contributed by atoms with Crippen LogP contribution in [-0.2, 0) is 9.63 Å². The standard InChI is InChI=1S/C24H17N3O5/c25-22(28)17(11-13-18-20(26-31-23(18)29)15-7-3-1-4-8-15)12-14-19-21(27-32-24(19)30)16-9-5-2-6-10-16/h1-14,26H,(H2,25,28)/p-1/b13-11+,17-12-,19-14+. The van der Waals surface area contributed by atoms with Crippen LogP contribution in [0.2, 0.25) is 0 Å². The molecular formula is C24H16N3O5-. The first-order valence-electron chi connectivity index (χ1n) is 9.52. The van der Waals surface area contributed by atoms with Gasteiger partial charge in [0.2, 0.25) is 0 Å². The van der Waals surface area contributed by atoms with E-state index in [0.717, 1.165) is 5.56 Å². The van der Waals surface area contributed by atoms with Gasteiger partial charge in [-0.3, -0.25) is 0 Å². The number of rotatable bonds is 6. The highest BCUT2D eigenvalue weighted by atomic mass is 16.7. The molecule has 32 heavy (non-hydrogen) atoms. The Labute approximate surface area is 181 Å². The van der Waals surface area contributed by atoms with Crippen molar-refractivity contribution < 1.29 is 19.3 Å². The molecule has 0 fully saturated rings. The maximum atomic E-state index is 12.1. The number of nitrogens with zero attached hydrogens (tertiary/aromatic N) is 1. The summed E-state index contributed by atoms with van der Waals surface area (Å²) in [5.41, 5.74) is 1.84. The summed E-state index contributed by atoms with van der Waals surface area (Å²) in [6, 6.07) is 18.0. The number of carbonyl (C=O) groups excluding carboxylic acids is 1. The van der Waals surface area contributed by atoms with E-state index in [1.165, 1.54) is 24.3 Å². The highest BCUT2D eigenvalue weighted by Crippen LogP contribution is 2.21. The summed E-state index contributed by atoms with van der Waals surface area (Å²) in [6.07, 6.45) is 5.38. The van der Waals surface area contributed by atoms with Crippen molar-refractivity contribution in [3.63, 3.8) is 0 Å². The molecule has 1 aliphatic rings. The Morgan fingerprint density at radius 3 is 2.31 bits per heavy atom. The zero-order valence-electron chi connectivity index (χ0n) is 16.6. The second-order valence-electron chi connectivity index (χ2n) is 6.70. The smallest absolute Gasteiger partial charge is 0.368 e. The van der Waals surface area contributed by atoms with Crippen LogP contribution in [0.4, 0.5) is 0 Å². The van der Waals surface area contributed by atoms with Gasteiger partial charge in [-0.2, -0.15) is 0 Å². The highest BCUT2D eigenvalue weighted by molar-refractivity contribution is 6.29. The van der Waals surface area contributed by atoms with Crippen LogP contribution in [0, 0.1) is 5.41 Å². The number of allylic oxidation sites excluding steroid dienone is 2. The maximum Gasteiger partial charge on any atom is 0.368 e. The number of nitrogens with one attached hydrogen (secondary N) is 2. The molecule has 0 bridgehead atoms. The van der Waals surface area contributed by atoms with Crippen LogP contribution in [-0.4, -0.2) is 22.7 Å². The van der Waals surface area contributed by atoms with E-state index in [9.17, 15) is 14.7 Å². The van der Waals surface area contributed by atoms with Gasteiger partial charge in [-0.15, -0.1) is 0 Å². The summed E-state index contributed by atoms with van der Waals surface area (Å²) in [6.45, 7) is 0. The molecule has 0 saturated carbocycles. The summed E-state index contributed by atoms with van der Waals surface area (Å²) in [4.78, 5) is 29.0. The van der Waals surface area contributed by atoms with E-state index in [4.69, 9.17) is 14.8 Å². The van der Waals surface area contributed by atoms with Crippen molar-refractivity contribution in [3.05, 3.63) is 112 Å². The van der Waals surface area contributed by atoms with E-state index in [1.54, 1.807) is 36.4 Å². The third kappa shape index (κ3) is 4.24. The minimum atomic E-state index is -0.996. The average molecular weight is 426 g/mol. The lowest BCUT2D eigenvalue weighted by Gasteiger charge is -2.07. The van der Waals surface area contributed by atoms with Gasteiger partial charge in [-0.05, 0) is 23.6 Å². The van der Waals surface area contributed by atoms with E-state index in [-0.39, 0.29) is 16.7 Å². The van der Waals surface area contributed by atoms with Crippen molar-refractivity contribution in [1.82, 2.24) is 5.16 Å². The molecule has 0 spiro atoms. The van der Waals surface area contributed by atoms with Crippen LogP contribution in [0.3, 0.4) is 0 Å². The minimum absolute atomic E-state index is 0.0516. The Hall–Kier alpha value is -4.72. The zero-order valence-corrected chi connectivity index (χ0v) is 16.6. The number of benzene rings is 2. The molecule has 2 heterocycles. The lowest BCUT2D eigenvalue weighted by molar-refractivity contribution is -0.214. The summed E-state index contributed by atoms with van der Waals surface area (Å²) in [5, 5.41) is 25.7. The van der Waals surface area contributed by atoms with Gasteiger partial charge in [-0.1, -0.05) is 78.0 Å². The van der Waals surface area contributed by atoms with E-state index in [0.29, 0.717) is 17.0 Å². The zero-order chi connectivity index (χ0) is 22.5. The van der Waals surface area contributed by atoms with Crippen molar-refractivity contribution in [2.75, 3.05) is 0 Å². The fourth-order valence-electron chi connectivity index (χ4n) is 3.07. The van der Waals surface area contributed by atoms with Gasteiger partial charge in [0.1, 0.15) is 5.71 Å². The van der Waals surface area contributed by atoms with Crippen LogP contribution in [0.25, 0.3) is 17.3 Å². The summed E-state index contributed by atoms with van der Waals surface area (Å²) in [5.74, 6) is -1.66. The molecule has 158 valence electrons. The third-order valence-electron chi connectivity index (χ3n) is 4.66. The van der Waals surface area contributed by atoms with Gasteiger partial charge in [0, 0.05) is 11.1 Å². The molecule has 8 heteroatoms. The normalized spacial score (nSPS) is 15.2. The minimum Gasteiger partial charge on any atom is -0.859 e. The molecule has 0 atom stereocenters. The molecule has 3 aromatic rings. The van der Waals surface area contributed by atoms with Gasteiger partial charge in [0.15, 0.2) is 0 Å². The molecular weight excluding hydrogens is 410 g/mol. The predicted octanol–water partition coefficient (Wildman–Crippen LogP) is 2.80. The largest absolute Gasteiger partial charge is 0.859 e. The Bertz CT molecular complexity index is 1340. The summed E-state index contributed by atoms with van der Waals surface area (Å²) < 4.78 is 4.89. The number of oxime groups is 1. The number of hydrogen-bond donors (Lipinski definition) is 2. The fourth-order valence-corrected chi connectivity index (χ4v) is 3.07. The molecule has 0 radical (unpaired) electrons. The molecule has 0 saturated heterocycles. The van der Waals surface area contributed by atoms with E-state index in [1.807, 2.05) is 24.3 Å². The Morgan fingerprint density at radius 2 is 1.66 bits per heavy atom. The topological polar surface area (TPSA) is 132 Å². The molecule has 1 aromatic heterocycles. The van der Waals surface area contributed by atoms with Crippen LogP contribution < -0.4 is 10.7 Å².